The third-order valence-electron chi connectivity index (χ3n) is 3.44. The SMILES string of the molecule is CNCCCN(C)CC1Cc2cc(C)ccc2O1. The summed E-state index contributed by atoms with van der Waals surface area (Å²) in [6.07, 6.45) is 2.56. The Kier molecular flexibility index (Phi) is 4.61. The number of aryl methyl sites for hydroxylation is 1. The number of likely N-dealkylation sites (N-methyl/N-ethyl adjacent to an activating group) is 1. The summed E-state index contributed by atoms with van der Waals surface area (Å²) in [7, 11) is 4.17. The Morgan fingerprint density at radius 2 is 2.28 bits per heavy atom. The third kappa shape index (κ3) is 3.47. The lowest BCUT2D eigenvalue weighted by molar-refractivity contribution is 0.168. The largest absolute Gasteiger partial charge is 0.488 e. The summed E-state index contributed by atoms with van der Waals surface area (Å²) in [5.74, 6) is 1.08. The minimum absolute atomic E-state index is 0.321. The summed E-state index contributed by atoms with van der Waals surface area (Å²) in [5, 5.41) is 3.18. The van der Waals surface area contributed by atoms with Gasteiger partial charge in [-0.1, -0.05) is 17.7 Å². The maximum absolute atomic E-state index is 5.98. The van der Waals surface area contributed by atoms with Crippen molar-refractivity contribution >= 4 is 0 Å². The van der Waals surface area contributed by atoms with Crippen LogP contribution in [0.3, 0.4) is 0 Å². The smallest absolute Gasteiger partial charge is 0.123 e. The molecule has 1 aromatic rings. The van der Waals surface area contributed by atoms with Gasteiger partial charge < -0.3 is 15.0 Å². The zero-order valence-corrected chi connectivity index (χ0v) is 11.7. The summed E-state index contributed by atoms with van der Waals surface area (Å²) in [4.78, 5) is 2.36. The zero-order chi connectivity index (χ0) is 13.0. The van der Waals surface area contributed by atoms with Crippen LogP contribution in [0.1, 0.15) is 17.5 Å². The number of ether oxygens (including phenoxy) is 1. The van der Waals surface area contributed by atoms with Crippen LogP contribution < -0.4 is 10.1 Å². The van der Waals surface area contributed by atoms with Crippen molar-refractivity contribution in [1.82, 2.24) is 10.2 Å². The topological polar surface area (TPSA) is 24.5 Å². The number of nitrogens with one attached hydrogen (secondary N) is 1. The van der Waals surface area contributed by atoms with Crippen LogP contribution in [0.2, 0.25) is 0 Å². The average Bonchev–Trinajstić information content (AvgIpc) is 2.70. The first-order valence-corrected chi connectivity index (χ1v) is 6.78. The summed E-state index contributed by atoms with van der Waals surface area (Å²) in [6.45, 7) is 5.35. The quantitative estimate of drug-likeness (QED) is 0.778. The summed E-state index contributed by atoms with van der Waals surface area (Å²) in [6, 6.07) is 6.47. The highest BCUT2D eigenvalue weighted by molar-refractivity contribution is 5.40. The molecule has 0 saturated carbocycles. The van der Waals surface area contributed by atoms with E-state index in [-0.39, 0.29) is 0 Å². The van der Waals surface area contributed by atoms with E-state index in [4.69, 9.17) is 4.74 Å². The second-order valence-electron chi connectivity index (χ2n) is 5.27. The van der Waals surface area contributed by atoms with E-state index in [1.807, 2.05) is 7.05 Å². The van der Waals surface area contributed by atoms with Gasteiger partial charge in [-0.25, -0.2) is 0 Å². The molecule has 1 N–H and O–H groups in total. The molecule has 1 aliphatic rings. The Morgan fingerprint density at radius 1 is 1.44 bits per heavy atom. The number of hydrogen-bond acceptors (Lipinski definition) is 3. The molecule has 3 nitrogen and oxygen atoms in total. The van der Waals surface area contributed by atoms with Crippen molar-refractivity contribution in [3.63, 3.8) is 0 Å². The van der Waals surface area contributed by atoms with Crippen LogP contribution in [-0.2, 0) is 6.42 Å². The van der Waals surface area contributed by atoms with Gasteiger partial charge in [0.05, 0.1) is 0 Å². The summed E-state index contributed by atoms with van der Waals surface area (Å²) < 4.78 is 5.98. The minimum atomic E-state index is 0.321. The molecule has 0 spiro atoms. The van der Waals surface area contributed by atoms with Crippen molar-refractivity contribution in [1.29, 1.82) is 0 Å². The molecule has 1 aromatic carbocycles. The Balaban J connectivity index is 1.80. The molecule has 1 aliphatic heterocycles. The maximum atomic E-state index is 5.98. The molecule has 3 heteroatoms. The van der Waals surface area contributed by atoms with Gasteiger partial charge in [-0.05, 0) is 52.2 Å². The van der Waals surface area contributed by atoms with Crippen molar-refractivity contribution in [2.75, 3.05) is 33.7 Å². The van der Waals surface area contributed by atoms with Gasteiger partial charge in [0.15, 0.2) is 0 Å². The van der Waals surface area contributed by atoms with Gasteiger partial charge in [-0.2, -0.15) is 0 Å². The van der Waals surface area contributed by atoms with Crippen LogP contribution in [-0.4, -0.2) is 44.7 Å². The lowest BCUT2D eigenvalue weighted by Gasteiger charge is -2.20. The van der Waals surface area contributed by atoms with Gasteiger partial charge in [0.25, 0.3) is 0 Å². The fourth-order valence-electron chi connectivity index (χ4n) is 2.52. The Hall–Kier alpha value is -1.06. The summed E-state index contributed by atoms with van der Waals surface area (Å²) in [5.41, 5.74) is 2.68. The number of rotatable bonds is 6. The minimum Gasteiger partial charge on any atom is -0.488 e. The average molecular weight is 248 g/mol. The van der Waals surface area contributed by atoms with Crippen molar-refractivity contribution < 1.29 is 4.74 Å². The molecule has 18 heavy (non-hydrogen) atoms. The molecule has 2 rings (SSSR count). The van der Waals surface area contributed by atoms with E-state index in [0.717, 1.165) is 31.8 Å². The molecule has 100 valence electrons. The van der Waals surface area contributed by atoms with E-state index in [9.17, 15) is 0 Å². The first kappa shape index (κ1) is 13.4. The number of fused-ring (bicyclic) bond motifs is 1. The molecular weight excluding hydrogens is 224 g/mol. The van der Waals surface area contributed by atoms with Gasteiger partial charge in [0.1, 0.15) is 11.9 Å². The lowest BCUT2D eigenvalue weighted by atomic mass is 10.1. The van der Waals surface area contributed by atoms with Crippen LogP contribution in [0.5, 0.6) is 5.75 Å². The number of nitrogens with zero attached hydrogens (tertiary/aromatic N) is 1. The van der Waals surface area contributed by atoms with E-state index >= 15 is 0 Å². The van der Waals surface area contributed by atoms with Crippen LogP contribution in [0.4, 0.5) is 0 Å². The van der Waals surface area contributed by atoms with Crippen LogP contribution in [0.15, 0.2) is 18.2 Å². The second-order valence-corrected chi connectivity index (χ2v) is 5.27. The fraction of sp³-hybridized carbons (Fsp3) is 0.600. The molecule has 0 aromatic heterocycles. The zero-order valence-electron chi connectivity index (χ0n) is 11.7. The van der Waals surface area contributed by atoms with Gasteiger partial charge in [0.2, 0.25) is 0 Å². The lowest BCUT2D eigenvalue weighted by Crippen LogP contribution is -2.33. The molecule has 1 heterocycles. The predicted molar refractivity (Wildman–Crippen MR) is 75.3 cm³/mol. The van der Waals surface area contributed by atoms with E-state index in [2.05, 4.69) is 42.4 Å². The van der Waals surface area contributed by atoms with Crippen molar-refractivity contribution in [2.45, 2.75) is 25.9 Å². The molecule has 0 amide bonds. The maximum Gasteiger partial charge on any atom is 0.123 e. The Bertz CT molecular complexity index is 392. The van der Waals surface area contributed by atoms with Crippen LogP contribution in [0.25, 0.3) is 0 Å². The summed E-state index contributed by atoms with van der Waals surface area (Å²) >= 11 is 0. The van der Waals surface area contributed by atoms with Crippen LogP contribution in [0, 0.1) is 6.92 Å². The molecular formula is C15H24N2O. The Morgan fingerprint density at radius 3 is 3.06 bits per heavy atom. The van der Waals surface area contributed by atoms with Gasteiger partial charge in [-0.3, -0.25) is 0 Å². The van der Waals surface area contributed by atoms with Crippen molar-refractivity contribution in [2.24, 2.45) is 0 Å². The molecule has 1 atom stereocenters. The highest BCUT2D eigenvalue weighted by Crippen LogP contribution is 2.29. The first-order chi connectivity index (χ1) is 8.69. The van der Waals surface area contributed by atoms with Gasteiger partial charge in [-0.15, -0.1) is 0 Å². The third-order valence-corrected chi connectivity index (χ3v) is 3.44. The second kappa shape index (κ2) is 6.21. The van der Waals surface area contributed by atoms with E-state index in [1.54, 1.807) is 0 Å². The monoisotopic (exact) mass is 248 g/mol. The van der Waals surface area contributed by atoms with E-state index in [0.29, 0.717) is 6.10 Å². The van der Waals surface area contributed by atoms with Crippen molar-refractivity contribution in [3.05, 3.63) is 29.3 Å². The van der Waals surface area contributed by atoms with E-state index < -0.39 is 0 Å². The van der Waals surface area contributed by atoms with Gasteiger partial charge >= 0.3 is 0 Å². The number of hydrogen-bond donors (Lipinski definition) is 1. The normalized spacial score (nSPS) is 17.9. The van der Waals surface area contributed by atoms with Gasteiger partial charge in [0, 0.05) is 13.0 Å². The molecule has 0 bridgehead atoms. The molecule has 0 fully saturated rings. The van der Waals surface area contributed by atoms with Crippen LogP contribution >= 0.6 is 0 Å². The predicted octanol–water partition coefficient (Wildman–Crippen LogP) is 1.84. The molecule has 0 radical (unpaired) electrons. The molecule has 0 saturated heterocycles. The number of benzene rings is 1. The van der Waals surface area contributed by atoms with E-state index in [1.165, 1.54) is 17.5 Å². The first-order valence-electron chi connectivity index (χ1n) is 6.78. The highest BCUT2D eigenvalue weighted by atomic mass is 16.5. The standard InChI is InChI=1S/C15H24N2O/c1-12-5-6-15-13(9-12)10-14(18-15)11-17(3)8-4-7-16-2/h5-6,9,14,16H,4,7-8,10-11H2,1-3H3. The fourth-order valence-corrected chi connectivity index (χ4v) is 2.52. The molecule has 0 aliphatic carbocycles. The molecule has 1 unspecified atom stereocenters. The van der Waals surface area contributed by atoms with Crippen molar-refractivity contribution in [3.8, 4) is 5.75 Å². The Labute approximate surface area is 110 Å². The highest BCUT2D eigenvalue weighted by Gasteiger charge is 2.23.